The third kappa shape index (κ3) is 4.97. The van der Waals surface area contributed by atoms with E-state index in [2.05, 4.69) is 15.7 Å². The van der Waals surface area contributed by atoms with Gasteiger partial charge in [0.15, 0.2) is 0 Å². The molecule has 94 valence electrons. The van der Waals surface area contributed by atoms with Crippen LogP contribution in [0.15, 0.2) is 4.99 Å². The van der Waals surface area contributed by atoms with E-state index in [-0.39, 0.29) is 11.9 Å². The van der Waals surface area contributed by atoms with Crippen molar-refractivity contribution in [2.75, 3.05) is 13.6 Å². The van der Waals surface area contributed by atoms with Crippen molar-refractivity contribution < 1.29 is 4.79 Å². The zero-order chi connectivity index (χ0) is 12.7. The molecule has 1 unspecified atom stereocenters. The number of likely N-dealkylation sites (N-methyl/N-ethyl adjacent to an activating group) is 1. The number of amides is 1. The number of nitrogens with one attached hydrogen (secondary N) is 2. The van der Waals surface area contributed by atoms with Gasteiger partial charge in [-0.1, -0.05) is 0 Å². The molecule has 16 heavy (non-hydrogen) atoms. The molecular formula is C10H23N5O. The monoisotopic (exact) mass is 229 g/mol. The van der Waals surface area contributed by atoms with Gasteiger partial charge in [-0.25, -0.2) is 10.8 Å². The topological polar surface area (TPSA) is 82.8 Å². The van der Waals surface area contributed by atoms with Crippen LogP contribution < -0.4 is 16.6 Å². The zero-order valence-corrected chi connectivity index (χ0v) is 10.7. The third-order valence-electron chi connectivity index (χ3n) is 2.09. The van der Waals surface area contributed by atoms with E-state index < -0.39 is 6.04 Å². The van der Waals surface area contributed by atoms with E-state index in [0.717, 1.165) is 0 Å². The van der Waals surface area contributed by atoms with Gasteiger partial charge in [0, 0.05) is 19.6 Å². The molecular weight excluding hydrogens is 206 g/mol. The largest absolute Gasteiger partial charge is 0.353 e. The van der Waals surface area contributed by atoms with Crippen molar-refractivity contribution in [1.82, 2.24) is 15.6 Å². The predicted octanol–water partition coefficient (Wildman–Crippen LogP) is -0.329. The van der Waals surface area contributed by atoms with Gasteiger partial charge in [-0.15, -0.1) is 0 Å². The van der Waals surface area contributed by atoms with Gasteiger partial charge in [-0.2, -0.15) is 0 Å². The number of rotatable bonds is 4. The Balaban J connectivity index is 4.52. The van der Waals surface area contributed by atoms with E-state index in [0.29, 0.717) is 12.5 Å². The predicted molar refractivity (Wildman–Crippen MR) is 65.8 cm³/mol. The van der Waals surface area contributed by atoms with Crippen molar-refractivity contribution in [3.05, 3.63) is 0 Å². The van der Waals surface area contributed by atoms with E-state index in [1.807, 2.05) is 20.8 Å². The van der Waals surface area contributed by atoms with Crippen LogP contribution in [0.5, 0.6) is 0 Å². The van der Waals surface area contributed by atoms with E-state index in [9.17, 15) is 4.79 Å². The summed E-state index contributed by atoms with van der Waals surface area (Å²) in [6.45, 7) is 8.27. The number of guanidine groups is 1. The molecule has 0 aliphatic heterocycles. The van der Waals surface area contributed by atoms with Gasteiger partial charge in [0.05, 0.1) is 0 Å². The van der Waals surface area contributed by atoms with Crippen LogP contribution in [-0.2, 0) is 4.79 Å². The van der Waals surface area contributed by atoms with Crippen LogP contribution in [-0.4, -0.2) is 42.4 Å². The second-order valence-corrected chi connectivity index (χ2v) is 3.95. The fourth-order valence-electron chi connectivity index (χ4n) is 1.11. The lowest BCUT2D eigenvalue weighted by molar-refractivity contribution is -0.130. The maximum absolute atomic E-state index is 11.7. The normalized spacial score (nSPS) is 13.6. The van der Waals surface area contributed by atoms with Crippen molar-refractivity contribution in [1.29, 1.82) is 0 Å². The lowest BCUT2D eigenvalue weighted by Crippen LogP contribution is -2.46. The lowest BCUT2D eigenvalue weighted by Gasteiger charge is -2.19. The molecule has 0 bridgehead atoms. The Morgan fingerprint density at radius 3 is 2.38 bits per heavy atom. The number of hydrogen-bond acceptors (Lipinski definition) is 3. The van der Waals surface area contributed by atoms with Gasteiger partial charge < -0.3 is 10.2 Å². The van der Waals surface area contributed by atoms with Crippen LogP contribution in [0.1, 0.15) is 27.7 Å². The Bertz CT molecular complexity index is 252. The first-order valence-electron chi connectivity index (χ1n) is 5.48. The fourth-order valence-corrected chi connectivity index (χ4v) is 1.11. The second-order valence-electron chi connectivity index (χ2n) is 3.95. The molecule has 4 N–H and O–H groups in total. The van der Waals surface area contributed by atoms with E-state index >= 15 is 0 Å². The molecule has 0 saturated carbocycles. The summed E-state index contributed by atoms with van der Waals surface area (Å²) in [6.07, 6.45) is 0. The molecule has 0 fully saturated rings. The molecule has 0 saturated heterocycles. The average molecular weight is 229 g/mol. The Labute approximate surface area is 97.3 Å². The first-order chi connectivity index (χ1) is 7.42. The average Bonchev–Trinajstić information content (AvgIpc) is 2.25. The summed E-state index contributed by atoms with van der Waals surface area (Å²) in [4.78, 5) is 17.5. The zero-order valence-electron chi connectivity index (χ0n) is 10.7. The van der Waals surface area contributed by atoms with Crippen LogP contribution in [0.2, 0.25) is 0 Å². The van der Waals surface area contributed by atoms with Gasteiger partial charge in [0.2, 0.25) is 11.9 Å². The summed E-state index contributed by atoms with van der Waals surface area (Å²) >= 11 is 0. The number of hydrazine groups is 1. The minimum atomic E-state index is -0.442. The van der Waals surface area contributed by atoms with Crippen LogP contribution in [0.25, 0.3) is 0 Å². The van der Waals surface area contributed by atoms with Crippen LogP contribution in [0.3, 0.4) is 0 Å². The van der Waals surface area contributed by atoms with Gasteiger partial charge in [-0.3, -0.25) is 10.2 Å². The minimum absolute atomic E-state index is 0.0270. The molecule has 0 aliphatic rings. The molecule has 1 amide bonds. The van der Waals surface area contributed by atoms with Crippen molar-refractivity contribution in [2.45, 2.75) is 39.8 Å². The minimum Gasteiger partial charge on any atom is -0.353 e. The SMILES string of the molecule is CCN(C)C(=O)C(C)N=C(NN)NC(C)C. The second kappa shape index (κ2) is 7.05. The van der Waals surface area contributed by atoms with E-state index in [1.54, 1.807) is 18.9 Å². The van der Waals surface area contributed by atoms with Gasteiger partial charge in [-0.05, 0) is 27.7 Å². The summed E-state index contributed by atoms with van der Waals surface area (Å²) in [7, 11) is 1.75. The summed E-state index contributed by atoms with van der Waals surface area (Å²) in [6, 6.07) is -0.233. The summed E-state index contributed by atoms with van der Waals surface area (Å²) in [5, 5.41) is 3.02. The van der Waals surface area contributed by atoms with E-state index in [1.165, 1.54) is 0 Å². The molecule has 0 radical (unpaired) electrons. The highest BCUT2D eigenvalue weighted by Crippen LogP contribution is 1.96. The molecule has 0 aromatic rings. The molecule has 6 nitrogen and oxygen atoms in total. The van der Waals surface area contributed by atoms with Gasteiger partial charge in [0.1, 0.15) is 6.04 Å². The Morgan fingerprint density at radius 1 is 1.44 bits per heavy atom. The van der Waals surface area contributed by atoms with Crippen molar-refractivity contribution in [3.63, 3.8) is 0 Å². The number of hydrogen-bond donors (Lipinski definition) is 3. The van der Waals surface area contributed by atoms with Gasteiger partial charge >= 0.3 is 0 Å². The smallest absolute Gasteiger partial charge is 0.246 e. The van der Waals surface area contributed by atoms with Crippen LogP contribution >= 0.6 is 0 Å². The summed E-state index contributed by atoms with van der Waals surface area (Å²) in [5.74, 6) is 5.71. The number of nitrogens with zero attached hydrogens (tertiary/aromatic N) is 2. The maximum atomic E-state index is 11.7. The Hall–Kier alpha value is -1.30. The molecule has 0 heterocycles. The number of carbonyl (C=O) groups is 1. The van der Waals surface area contributed by atoms with E-state index in [4.69, 9.17) is 5.84 Å². The molecule has 0 rings (SSSR count). The number of carbonyl (C=O) groups excluding carboxylic acids is 1. The molecule has 0 aliphatic carbocycles. The first kappa shape index (κ1) is 14.7. The molecule has 1 atom stereocenters. The summed E-state index contributed by atoms with van der Waals surface area (Å²) in [5.41, 5.74) is 2.44. The number of aliphatic imine (C=N–C) groups is 1. The van der Waals surface area contributed by atoms with Crippen LogP contribution in [0, 0.1) is 0 Å². The highest BCUT2D eigenvalue weighted by molar-refractivity contribution is 5.86. The molecule has 6 heteroatoms. The summed E-state index contributed by atoms with van der Waals surface area (Å²) < 4.78 is 0. The fraction of sp³-hybridized carbons (Fsp3) is 0.800. The third-order valence-corrected chi connectivity index (χ3v) is 2.09. The first-order valence-corrected chi connectivity index (χ1v) is 5.48. The number of nitrogens with two attached hydrogens (primary N) is 1. The highest BCUT2D eigenvalue weighted by atomic mass is 16.2. The van der Waals surface area contributed by atoms with Crippen molar-refractivity contribution in [3.8, 4) is 0 Å². The van der Waals surface area contributed by atoms with Crippen molar-refractivity contribution >= 4 is 11.9 Å². The quantitative estimate of drug-likeness (QED) is 0.267. The Kier molecular flexibility index (Phi) is 6.48. The Morgan fingerprint density at radius 2 is 2.00 bits per heavy atom. The maximum Gasteiger partial charge on any atom is 0.246 e. The standard InChI is InChI=1S/C10H23N5O/c1-6-15(5)9(16)8(4)13-10(14-11)12-7(2)3/h7-8H,6,11H2,1-5H3,(H2,12,13,14). The van der Waals surface area contributed by atoms with Crippen molar-refractivity contribution in [2.24, 2.45) is 10.8 Å². The van der Waals surface area contributed by atoms with Gasteiger partial charge in [0.25, 0.3) is 0 Å². The molecule has 0 aromatic carbocycles. The highest BCUT2D eigenvalue weighted by Gasteiger charge is 2.16. The lowest BCUT2D eigenvalue weighted by atomic mass is 10.3. The molecule has 0 aromatic heterocycles. The van der Waals surface area contributed by atoms with Crippen LogP contribution in [0.4, 0.5) is 0 Å². The molecule has 0 spiro atoms.